The summed E-state index contributed by atoms with van der Waals surface area (Å²) in [7, 11) is 0. The number of nitro benzene ring substituents is 1. The average Bonchev–Trinajstić information content (AvgIpc) is 2.85. The number of carbonyl (C=O) groups excluding carboxylic acids is 1. The molecule has 7 heteroatoms. The summed E-state index contributed by atoms with van der Waals surface area (Å²) in [6.45, 7) is 1.79. The fourth-order valence-electron chi connectivity index (χ4n) is 1.71. The van der Waals surface area contributed by atoms with Gasteiger partial charge >= 0.3 is 0 Å². The van der Waals surface area contributed by atoms with E-state index in [4.69, 9.17) is 0 Å². The highest BCUT2D eigenvalue weighted by Gasteiger charge is 2.16. The van der Waals surface area contributed by atoms with Crippen molar-refractivity contribution in [2.75, 3.05) is 0 Å². The van der Waals surface area contributed by atoms with Crippen LogP contribution in [0.2, 0.25) is 0 Å². The van der Waals surface area contributed by atoms with Gasteiger partial charge in [0, 0.05) is 16.6 Å². The Bertz CT molecular complexity index is 657. The maximum Gasteiger partial charge on any atom is 0.269 e. The molecule has 0 saturated carbocycles. The summed E-state index contributed by atoms with van der Waals surface area (Å²) in [5.41, 5.74) is 0.709. The van der Waals surface area contributed by atoms with E-state index >= 15 is 0 Å². The fourth-order valence-corrected chi connectivity index (χ4v) is 3.16. The molecule has 1 heterocycles. The molecule has 0 saturated heterocycles. The first-order valence-electron chi connectivity index (χ1n) is 5.77. The van der Waals surface area contributed by atoms with E-state index in [2.05, 4.69) is 21.2 Å². The molecule has 5 nitrogen and oxygen atoms in total. The van der Waals surface area contributed by atoms with Gasteiger partial charge in [-0.05, 0) is 39.9 Å². The predicted octanol–water partition coefficient (Wildman–Crippen LogP) is 3.91. The number of nitrogens with zero attached hydrogens (tertiary/aromatic N) is 1. The third kappa shape index (κ3) is 3.23. The molecule has 1 aromatic carbocycles. The first-order chi connectivity index (χ1) is 9.49. The van der Waals surface area contributed by atoms with Gasteiger partial charge in [-0.2, -0.15) is 0 Å². The number of non-ortho nitro benzene ring substituents is 1. The molecule has 0 spiro atoms. The molecule has 1 amide bonds. The molecule has 0 fully saturated rings. The van der Waals surface area contributed by atoms with E-state index in [9.17, 15) is 14.9 Å². The molecule has 1 atom stereocenters. The van der Waals surface area contributed by atoms with Crippen LogP contribution in [0.3, 0.4) is 0 Å². The van der Waals surface area contributed by atoms with E-state index in [1.807, 2.05) is 5.38 Å². The van der Waals surface area contributed by atoms with Gasteiger partial charge in [0.2, 0.25) is 0 Å². The van der Waals surface area contributed by atoms with Gasteiger partial charge < -0.3 is 5.32 Å². The highest BCUT2D eigenvalue weighted by molar-refractivity contribution is 9.10. The maximum absolute atomic E-state index is 12.1. The van der Waals surface area contributed by atoms with Crippen LogP contribution in [0.1, 0.15) is 28.2 Å². The Labute approximate surface area is 127 Å². The summed E-state index contributed by atoms with van der Waals surface area (Å²) in [5.74, 6) is -0.203. The van der Waals surface area contributed by atoms with Gasteiger partial charge in [0.15, 0.2) is 0 Å². The Hall–Kier alpha value is -1.73. The summed E-state index contributed by atoms with van der Waals surface area (Å²) in [6.07, 6.45) is 0. The molecule has 1 unspecified atom stereocenters. The molecule has 1 N–H and O–H groups in total. The standard InChI is InChI=1S/C13H11BrN2O3S/c1-8(9-3-2-4-10(7-9)16(18)19)15-13(17)12-11(14)5-6-20-12/h2-8H,1H3,(H,15,17). The number of benzene rings is 1. The Morgan fingerprint density at radius 3 is 2.80 bits per heavy atom. The van der Waals surface area contributed by atoms with Crippen molar-refractivity contribution in [1.82, 2.24) is 5.32 Å². The molecule has 0 aliphatic heterocycles. The minimum absolute atomic E-state index is 0.0147. The second kappa shape index (κ2) is 6.15. The lowest BCUT2D eigenvalue weighted by Crippen LogP contribution is -2.26. The third-order valence-corrected chi connectivity index (χ3v) is 4.59. The van der Waals surface area contributed by atoms with Gasteiger partial charge in [-0.3, -0.25) is 14.9 Å². The summed E-state index contributed by atoms with van der Waals surface area (Å²) in [4.78, 5) is 22.9. The van der Waals surface area contributed by atoms with Crippen molar-refractivity contribution in [2.45, 2.75) is 13.0 Å². The van der Waals surface area contributed by atoms with Crippen LogP contribution in [0.4, 0.5) is 5.69 Å². The Morgan fingerprint density at radius 1 is 1.45 bits per heavy atom. The van der Waals surface area contributed by atoms with E-state index in [0.717, 1.165) is 4.47 Å². The van der Waals surface area contributed by atoms with Gasteiger partial charge in [-0.25, -0.2) is 0 Å². The molecule has 104 valence electrons. The number of halogens is 1. The summed E-state index contributed by atoms with van der Waals surface area (Å²) in [6, 6.07) is 7.75. The summed E-state index contributed by atoms with van der Waals surface area (Å²) in [5, 5.41) is 15.4. The molecule has 1 aromatic heterocycles. The van der Waals surface area contributed by atoms with Crippen LogP contribution < -0.4 is 5.32 Å². The molecule has 2 rings (SSSR count). The van der Waals surface area contributed by atoms with Crippen LogP contribution in [-0.2, 0) is 0 Å². The topological polar surface area (TPSA) is 72.2 Å². The van der Waals surface area contributed by atoms with E-state index in [-0.39, 0.29) is 17.6 Å². The number of rotatable bonds is 4. The van der Waals surface area contributed by atoms with E-state index in [1.54, 1.807) is 25.1 Å². The fraction of sp³-hybridized carbons (Fsp3) is 0.154. The highest BCUT2D eigenvalue weighted by Crippen LogP contribution is 2.24. The van der Waals surface area contributed by atoms with Crippen LogP contribution in [0.25, 0.3) is 0 Å². The average molecular weight is 355 g/mol. The van der Waals surface area contributed by atoms with Gasteiger partial charge in [-0.15, -0.1) is 11.3 Å². The summed E-state index contributed by atoms with van der Waals surface area (Å²) < 4.78 is 0.742. The second-order valence-corrected chi connectivity index (χ2v) is 5.92. The monoisotopic (exact) mass is 354 g/mol. The Balaban J connectivity index is 2.14. The number of hydrogen-bond acceptors (Lipinski definition) is 4. The lowest BCUT2D eigenvalue weighted by Gasteiger charge is -2.13. The van der Waals surface area contributed by atoms with Crippen LogP contribution in [0, 0.1) is 10.1 Å². The molecular weight excluding hydrogens is 344 g/mol. The Morgan fingerprint density at radius 2 is 2.20 bits per heavy atom. The minimum atomic E-state index is -0.450. The third-order valence-electron chi connectivity index (χ3n) is 2.75. The lowest BCUT2D eigenvalue weighted by atomic mass is 10.1. The first kappa shape index (κ1) is 14.7. The van der Waals surface area contributed by atoms with Gasteiger partial charge in [0.25, 0.3) is 11.6 Å². The van der Waals surface area contributed by atoms with Crippen LogP contribution in [-0.4, -0.2) is 10.8 Å². The highest BCUT2D eigenvalue weighted by atomic mass is 79.9. The van der Waals surface area contributed by atoms with E-state index < -0.39 is 4.92 Å². The van der Waals surface area contributed by atoms with Gasteiger partial charge in [0.05, 0.1) is 11.0 Å². The van der Waals surface area contributed by atoms with Crippen molar-refractivity contribution in [3.8, 4) is 0 Å². The van der Waals surface area contributed by atoms with Crippen molar-refractivity contribution in [1.29, 1.82) is 0 Å². The largest absolute Gasteiger partial charge is 0.345 e. The minimum Gasteiger partial charge on any atom is -0.345 e. The quantitative estimate of drug-likeness (QED) is 0.668. The number of thiophene rings is 1. The van der Waals surface area contributed by atoms with Crippen LogP contribution in [0.5, 0.6) is 0 Å². The van der Waals surface area contributed by atoms with Crippen molar-refractivity contribution in [3.63, 3.8) is 0 Å². The maximum atomic E-state index is 12.1. The second-order valence-electron chi connectivity index (χ2n) is 4.14. The van der Waals surface area contributed by atoms with E-state index in [0.29, 0.717) is 10.4 Å². The lowest BCUT2D eigenvalue weighted by molar-refractivity contribution is -0.384. The van der Waals surface area contributed by atoms with Gasteiger partial charge in [-0.1, -0.05) is 12.1 Å². The Kier molecular flexibility index (Phi) is 4.51. The van der Waals surface area contributed by atoms with E-state index in [1.165, 1.54) is 23.5 Å². The number of hydrogen-bond donors (Lipinski definition) is 1. The molecule has 0 radical (unpaired) electrons. The molecule has 0 aliphatic carbocycles. The molecule has 0 aliphatic rings. The normalized spacial score (nSPS) is 11.9. The molecule has 0 bridgehead atoms. The van der Waals surface area contributed by atoms with Crippen LogP contribution >= 0.6 is 27.3 Å². The SMILES string of the molecule is CC(NC(=O)c1sccc1Br)c1cccc([N+](=O)[O-])c1. The number of carbonyl (C=O) groups is 1. The smallest absolute Gasteiger partial charge is 0.269 e. The molecule has 20 heavy (non-hydrogen) atoms. The number of amides is 1. The van der Waals surface area contributed by atoms with Crippen molar-refractivity contribution in [2.24, 2.45) is 0 Å². The predicted molar refractivity (Wildman–Crippen MR) is 81.0 cm³/mol. The number of nitrogens with one attached hydrogen (secondary N) is 1. The zero-order chi connectivity index (χ0) is 14.7. The van der Waals surface area contributed by atoms with Gasteiger partial charge in [0.1, 0.15) is 4.88 Å². The molecule has 2 aromatic rings. The number of nitro groups is 1. The van der Waals surface area contributed by atoms with Crippen molar-refractivity contribution in [3.05, 3.63) is 60.7 Å². The van der Waals surface area contributed by atoms with Crippen molar-refractivity contribution >= 4 is 38.9 Å². The molecular formula is C13H11BrN2O3S. The zero-order valence-electron chi connectivity index (χ0n) is 10.5. The van der Waals surface area contributed by atoms with Crippen LogP contribution in [0.15, 0.2) is 40.2 Å². The summed E-state index contributed by atoms with van der Waals surface area (Å²) >= 11 is 4.64. The zero-order valence-corrected chi connectivity index (χ0v) is 12.9. The first-order valence-corrected chi connectivity index (χ1v) is 7.44. The van der Waals surface area contributed by atoms with Crippen molar-refractivity contribution < 1.29 is 9.72 Å².